The van der Waals surface area contributed by atoms with Crippen molar-refractivity contribution in [3.63, 3.8) is 0 Å². The Morgan fingerprint density at radius 3 is 2.29 bits per heavy atom. The number of benzene rings is 1. The van der Waals surface area contributed by atoms with Crippen molar-refractivity contribution in [1.82, 2.24) is 0 Å². The van der Waals surface area contributed by atoms with Crippen molar-refractivity contribution in [3.05, 3.63) is 38.4 Å². The van der Waals surface area contributed by atoms with Crippen LogP contribution < -0.4 is 0 Å². The van der Waals surface area contributed by atoms with Crippen LogP contribution in [0, 0.1) is 38.2 Å². The van der Waals surface area contributed by atoms with Crippen molar-refractivity contribution >= 4 is 5.69 Å². The highest BCUT2D eigenvalue weighted by Crippen LogP contribution is 2.34. The van der Waals surface area contributed by atoms with Gasteiger partial charge in [0.15, 0.2) is 0 Å². The van der Waals surface area contributed by atoms with Crippen LogP contribution in [0.5, 0.6) is 0 Å². The predicted octanol–water partition coefficient (Wildman–Crippen LogP) is 3.68. The number of nitriles is 2. The van der Waals surface area contributed by atoms with Crippen molar-refractivity contribution in [2.45, 2.75) is 47.0 Å². The summed E-state index contributed by atoms with van der Waals surface area (Å²) in [6.45, 7) is 7.85. The Morgan fingerprint density at radius 2 is 1.90 bits per heavy atom. The maximum absolute atomic E-state index is 11.4. The summed E-state index contributed by atoms with van der Waals surface area (Å²) in [7, 11) is 0. The van der Waals surface area contributed by atoms with Crippen LogP contribution in [0.2, 0.25) is 0 Å². The molecule has 0 spiro atoms. The molecular formula is C16H19N3O2. The average molecular weight is 285 g/mol. The van der Waals surface area contributed by atoms with Crippen molar-refractivity contribution in [2.24, 2.45) is 5.41 Å². The van der Waals surface area contributed by atoms with Crippen LogP contribution in [-0.2, 0) is 19.3 Å². The van der Waals surface area contributed by atoms with E-state index >= 15 is 0 Å². The van der Waals surface area contributed by atoms with Crippen molar-refractivity contribution < 1.29 is 4.92 Å². The number of nitro benzene ring substituents is 1. The summed E-state index contributed by atoms with van der Waals surface area (Å²) in [5, 5.41) is 29.7. The lowest BCUT2D eigenvalue weighted by Gasteiger charge is -2.21. The first-order valence-corrected chi connectivity index (χ1v) is 6.84. The van der Waals surface area contributed by atoms with E-state index in [1.165, 1.54) is 0 Å². The Balaban J connectivity index is 3.72. The van der Waals surface area contributed by atoms with E-state index in [1.54, 1.807) is 13.0 Å². The van der Waals surface area contributed by atoms with Crippen LogP contribution in [0.1, 0.15) is 49.9 Å². The molecule has 0 saturated heterocycles. The summed E-state index contributed by atoms with van der Waals surface area (Å²) >= 11 is 0. The smallest absolute Gasteiger partial charge is 0.258 e. The summed E-state index contributed by atoms with van der Waals surface area (Å²) in [4.78, 5) is 11.0. The summed E-state index contributed by atoms with van der Waals surface area (Å²) in [5.74, 6) is 0. The van der Waals surface area contributed by atoms with E-state index in [-0.39, 0.29) is 17.5 Å². The largest absolute Gasteiger partial charge is 0.278 e. The molecule has 5 nitrogen and oxygen atoms in total. The quantitative estimate of drug-likeness (QED) is 0.623. The van der Waals surface area contributed by atoms with Crippen LogP contribution in [0.3, 0.4) is 0 Å². The van der Waals surface area contributed by atoms with E-state index < -0.39 is 4.92 Å². The standard InChI is InChI=1S/C16H19N3O2/c1-5-13-12(10-18)8-11(9-16(2,3)4)14(6-7-17)15(13)19(20)21/h8H,5-6,9H2,1-4H3. The topological polar surface area (TPSA) is 90.7 Å². The summed E-state index contributed by atoms with van der Waals surface area (Å²) < 4.78 is 0. The van der Waals surface area contributed by atoms with Gasteiger partial charge in [-0.2, -0.15) is 10.5 Å². The Hall–Kier alpha value is -2.40. The molecule has 0 heterocycles. The SMILES string of the molecule is CCc1c(C#N)cc(CC(C)(C)C)c(CC#N)c1[N+](=O)[O-]. The summed E-state index contributed by atoms with van der Waals surface area (Å²) in [6, 6.07) is 5.77. The lowest BCUT2D eigenvalue weighted by Crippen LogP contribution is -2.14. The minimum absolute atomic E-state index is 0.0135. The molecule has 0 aliphatic heterocycles. The molecule has 0 aromatic heterocycles. The molecule has 0 radical (unpaired) electrons. The molecule has 0 aliphatic carbocycles. The van der Waals surface area contributed by atoms with Crippen molar-refractivity contribution in [1.29, 1.82) is 10.5 Å². The van der Waals surface area contributed by atoms with Gasteiger partial charge < -0.3 is 0 Å². The van der Waals surface area contributed by atoms with Crippen LogP contribution in [-0.4, -0.2) is 4.92 Å². The molecule has 0 N–H and O–H groups in total. The van der Waals surface area contributed by atoms with Crippen LogP contribution in [0.15, 0.2) is 6.07 Å². The van der Waals surface area contributed by atoms with Gasteiger partial charge in [0.2, 0.25) is 0 Å². The van der Waals surface area contributed by atoms with Gasteiger partial charge in [0, 0.05) is 11.1 Å². The lowest BCUT2D eigenvalue weighted by molar-refractivity contribution is -0.386. The fraction of sp³-hybridized carbons (Fsp3) is 0.500. The molecule has 1 rings (SSSR count). The first-order chi connectivity index (χ1) is 9.75. The van der Waals surface area contributed by atoms with Gasteiger partial charge in [-0.1, -0.05) is 27.7 Å². The molecule has 5 heteroatoms. The Morgan fingerprint density at radius 1 is 1.29 bits per heavy atom. The highest BCUT2D eigenvalue weighted by atomic mass is 16.6. The Kier molecular flexibility index (Phi) is 5.05. The zero-order chi connectivity index (χ0) is 16.2. The van der Waals surface area contributed by atoms with Crippen LogP contribution in [0.25, 0.3) is 0 Å². The van der Waals surface area contributed by atoms with E-state index in [1.807, 2.05) is 32.9 Å². The second-order valence-corrected chi connectivity index (χ2v) is 6.18. The number of hydrogen-bond acceptors (Lipinski definition) is 4. The van der Waals surface area contributed by atoms with Gasteiger partial charge in [0.1, 0.15) is 0 Å². The second-order valence-electron chi connectivity index (χ2n) is 6.18. The zero-order valence-corrected chi connectivity index (χ0v) is 12.9. The molecule has 0 bridgehead atoms. The molecular weight excluding hydrogens is 266 g/mol. The van der Waals surface area contributed by atoms with Crippen molar-refractivity contribution in [3.8, 4) is 12.1 Å². The normalized spacial score (nSPS) is 10.8. The van der Waals surface area contributed by atoms with Gasteiger partial charge >= 0.3 is 0 Å². The van der Waals surface area contributed by atoms with Gasteiger partial charge in [0.25, 0.3) is 5.69 Å². The molecule has 110 valence electrons. The van der Waals surface area contributed by atoms with E-state index in [4.69, 9.17) is 5.26 Å². The predicted molar refractivity (Wildman–Crippen MR) is 79.7 cm³/mol. The zero-order valence-electron chi connectivity index (χ0n) is 12.9. The Bertz CT molecular complexity index is 643. The molecule has 21 heavy (non-hydrogen) atoms. The highest BCUT2D eigenvalue weighted by molar-refractivity contribution is 5.60. The number of nitro groups is 1. The van der Waals surface area contributed by atoms with Gasteiger partial charge in [-0.05, 0) is 29.9 Å². The fourth-order valence-corrected chi connectivity index (χ4v) is 2.49. The maximum Gasteiger partial charge on any atom is 0.278 e. The molecule has 0 unspecified atom stereocenters. The van der Waals surface area contributed by atoms with Crippen LogP contribution in [0.4, 0.5) is 5.69 Å². The van der Waals surface area contributed by atoms with E-state index in [0.29, 0.717) is 29.5 Å². The molecule has 0 saturated carbocycles. The summed E-state index contributed by atoms with van der Waals surface area (Å²) in [6.07, 6.45) is 0.970. The van der Waals surface area contributed by atoms with Gasteiger partial charge in [0.05, 0.1) is 29.0 Å². The minimum Gasteiger partial charge on any atom is -0.258 e. The van der Waals surface area contributed by atoms with Crippen molar-refractivity contribution in [2.75, 3.05) is 0 Å². The number of hydrogen-bond donors (Lipinski definition) is 0. The minimum atomic E-state index is -0.460. The molecule has 0 fully saturated rings. The van der Waals surface area contributed by atoms with Gasteiger partial charge in [-0.3, -0.25) is 10.1 Å². The number of nitrogens with zero attached hydrogens (tertiary/aromatic N) is 3. The van der Waals surface area contributed by atoms with Crippen LogP contribution >= 0.6 is 0 Å². The van der Waals surface area contributed by atoms with E-state index in [2.05, 4.69) is 0 Å². The summed E-state index contributed by atoms with van der Waals surface area (Å²) in [5.41, 5.74) is 1.80. The fourth-order valence-electron chi connectivity index (χ4n) is 2.49. The number of rotatable bonds is 4. The third-order valence-corrected chi connectivity index (χ3v) is 3.24. The molecule has 1 aromatic carbocycles. The van der Waals surface area contributed by atoms with E-state index in [9.17, 15) is 15.4 Å². The highest BCUT2D eigenvalue weighted by Gasteiger charge is 2.27. The first-order valence-electron chi connectivity index (χ1n) is 6.84. The molecule has 0 atom stereocenters. The van der Waals surface area contributed by atoms with E-state index in [0.717, 1.165) is 5.56 Å². The van der Waals surface area contributed by atoms with Gasteiger partial charge in [-0.15, -0.1) is 0 Å². The third-order valence-electron chi connectivity index (χ3n) is 3.24. The van der Waals surface area contributed by atoms with Gasteiger partial charge in [-0.25, -0.2) is 0 Å². The monoisotopic (exact) mass is 285 g/mol. The third kappa shape index (κ3) is 3.79. The molecule has 0 aliphatic rings. The lowest BCUT2D eigenvalue weighted by atomic mass is 9.83. The first kappa shape index (κ1) is 16.7. The molecule has 0 amide bonds. The average Bonchev–Trinajstić information content (AvgIpc) is 2.37. The Labute approximate surface area is 125 Å². The molecule has 1 aromatic rings. The maximum atomic E-state index is 11.4. The second kappa shape index (κ2) is 6.37.